The zero-order chi connectivity index (χ0) is 22.2. The summed E-state index contributed by atoms with van der Waals surface area (Å²) in [5.41, 5.74) is 5.30. The summed E-state index contributed by atoms with van der Waals surface area (Å²) < 4.78 is 0. The van der Waals surface area contributed by atoms with Crippen LogP contribution in [-0.4, -0.2) is 39.6 Å². The summed E-state index contributed by atoms with van der Waals surface area (Å²) in [6.07, 6.45) is 2.52. The molecule has 0 fully saturated rings. The van der Waals surface area contributed by atoms with Gasteiger partial charge in [0.05, 0.1) is 12.4 Å². The molecular weight excluding hydrogens is 400 g/mol. The molecule has 0 atom stereocenters. The number of hydrazone groups is 2. The smallest absolute Gasteiger partial charge is 0.271 e. The molecule has 0 heterocycles. The van der Waals surface area contributed by atoms with Crippen molar-refractivity contribution in [2.45, 2.75) is 0 Å². The fourth-order valence-corrected chi connectivity index (χ4v) is 2.52. The molecule has 0 spiro atoms. The number of para-hydroxylation sites is 2. The quantitative estimate of drug-likeness (QED) is 0.308. The number of nitrogens with one attached hydrogen (secondary N) is 2. The standard InChI is InChI=1S/C22H18N4O5/c27-18-10-16(21(30)25-23-12-14-5-1-3-7-19(14)28)9-17(11-18)22(31)26-24-13-15-6-2-4-8-20(15)29/h1-13,27-29H,(H,25,30)(H,26,31)/b23-12-,24-13-. The first-order valence-electron chi connectivity index (χ1n) is 9.01. The second-order valence-electron chi connectivity index (χ2n) is 6.28. The summed E-state index contributed by atoms with van der Waals surface area (Å²) in [6, 6.07) is 16.5. The fraction of sp³-hybridized carbons (Fsp3) is 0. The Kier molecular flexibility index (Phi) is 6.59. The molecule has 0 unspecified atom stereocenters. The van der Waals surface area contributed by atoms with Crippen molar-refractivity contribution in [1.29, 1.82) is 0 Å². The van der Waals surface area contributed by atoms with E-state index in [9.17, 15) is 24.9 Å². The van der Waals surface area contributed by atoms with Crippen LogP contribution in [0.15, 0.2) is 76.9 Å². The summed E-state index contributed by atoms with van der Waals surface area (Å²) in [7, 11) is 0. The number of phenols is 3. The summed E-state index contributed by atoms with van der Waals surface area (Å²) >= 11 is 0. The predicted molar refractivity (Wildman–Crippen MR) is 114 cm³/mol. The van der Waals surface area contributed by atoms with Gasteiger partial charge in [0, 0.05) is 22.3 Å². The van der Waals surface area contributed by atoms with Gasteiger partial charge in [0.2, 0.25) is 0 Å². The predicted octanol–water partition coefficient (Wildman–Crippen LogP) is 2.33. The maximum atomic E-state index is 12.3. The van der Waals surface area contributed by atoms with Gasteiger partial charge in [-0.15, -0.1) is 0 Å². The van der Waals surface area contributed by atoms with Crippen molar-refractivity contribution in [3.63, 3.8) is 0 Å². The lowest BCUT2D eigenvalue weighted by atomic mass is 10.1. The molecule has 0 aromatic heterocycles. The Morgan fingerprint density at radius 1 is 0.677 bits per heavy atom. The van der Waals surface area contributed by atoms with E-state index in [1.807, 2.05) is 0 Å². The lowest BCUT2D eigenvalue weighted by molar-refractivity contribution is 0.0954. The third-order valence-electron chi connectivity index (χ3n) is 4.06. The van der Waals surface area contributed by atoms with Gasteiger partial charge < -0.3 is 15.3 Å². The lowest BCUT2D eigenvalue weighted by Crippen LogP contribution is -2.21. The number of hydrogen-bond donors (Lipinski definition) is 5. The van der Waals surface area contributed by atoms with Crippen molar-refractivity contribution in [3.05, 3.63) is 89.0 Å². The fourth-order valence-electron chi connectivity index (χ4n) is 2.52. The molecule has 3 rings (SSSR count). The first-order chi connectivity index (χ1) is 14.9. The van der Waals surface area contributed by atoms with Gasteiger partial charge in [-0.05, 0) is 42.5 Å². The number of aromatic hydroxyl groups is 3. The molecule has 2 amide bonds. The van der Waals surface area contributed by atoms with E-state index in [2.05, 4.69) is 21.1 Å². The van der Waals surface area contributed by atoms with E-state index >= 15 is 0 Å². The molecule has 0 bridgehead atoms. The third-order valence-corrected chi connectivity index (χ3v) is 4.06. The maximum Gasteiger partial charge on any atom is 0.271 e. The Balaban J connectivity index is 1.67. The second kappa shape index (κ2) is 9.70. The minimum absolute atomic E-state index is 0.00110. The Morgan fingerprint density at radius 3 is 1.52 bits per heavy atom. The summed E-state index contributed by atoms with van der Waals surface area (Å²) in [5.74, 6) is -1.64. The van der Waals surface area contributed by atoms with Gasteiger partial charge in [0.1, 0.15) is 17.2 Å². The normalized spacial score (nSPS) is 11.0. The van der Waals surface area contributed by atoms with Gasteiger partial charge in [-0.1, -0.05) is 24.3 Å². The van der Waals surface area contributed by atoms with Crippen LogP contribution in [0.4, 0.5) is 0 Å². The van der Waals surface area contributed by atoms with Crippen molar-refractivity contribution in [2.24, 2.45) is 10.2 Å². The molecule has 0 aliphatic heterocycles. The van der Waals surface area contributed by atoms with Gasteiger partial charge in [-0.3, -0.25) is 9.59 Å². The van der Waals surface area contributed by atoms with Crippen LogP contribution in [0, 0.1) is 0 Å². The summed E-state index contributed by atoms with van der Waals surface area (Å²) in [4.78, 5) is 24.6. The molecule has 0 saturated heterocycles. The molecule has 0 saturated carbocycles. The highest BCUT2D eigenvalue weighted by molar-refractivity contribution is 6.01. The minimum Gasteiger partial charge on any atom is -0.508 e. The summed E-state index contributed by atoms with van der Waals surface area (Å²) in [5, 5.41) is 36.7. The molecule has 3 aromatic rings. The first-order valence-corrected chi connectivity index (χ1v) is 9.01. The van der Waals surface area contributed by atoms with Crippen LogP contribution >= 0.6 is 0 Å². The van der Waals surface area contributed by atoms with Gasteiger partial charge in [0.25, 0.3) is 11.8 Å². The number of rotatable bonds is 6. The van der Waals surface area contributed by atoms with Crippen molar-refractivity contribution < 1.29 is 24.9 Å². The van der Waals surface area contributed by atoms with E-state index in [-0.39, 0.29) is 28.4 Å². The number of carbonyl (C=O) groups is 2. The molecule has 0 aliphatic rings. The van der Waals surface area contributed by atoms with Crippen molar-refractivity contribution in [3.8, 4) is 17.2 Å². The van der Waals surface area contributed by atoms with Crippen LogP contribution in [0.1, 0.15) is 31.8 Å². The van der Waals surface area contributed by atoms with E-state index < -0.39 is 11.8 Å². The maximum absolute atomic E-state index is 12.3. The van der Waals surface area contributed by atoms with Crippen LogP contribution < -0.4 is 10.9 Å². The number of amides is 2. The molecule has 0 radical (unpaired) electrons. The average Bonchev–Trinajstić information content (AvgIpc) is 2.76. The van der Waals surface area contributed by atoms with Gasteiger partial charge >= 0.3 is 0 Å². The van der Waals surface area contributed by atoms with E-state index in [1.54, 1.807) is 36.4 Å². The molecular formula is C22H18N4O5. The third kappa shape index (κ3) is 5.67. The molecule has 3 aromatic carbocycles. The topological polar surface area (TPSA) is 144 Å². The van der Waals surface area contributed by atoms with Crippen LogP contribution in [0.3, 0.4) is 0 Å². The van der Waals surface area contributed by atoms with Crippen molar-refractivity contribution >= 4 is 24.2 Å². The molecule has 5 N–H and O–H groups in total. The van der Waals surface area contributed by atoms with Gasteiger partial charge in [-0.25, -0.2) is 10.9 Å². The zero-order valence-corrected chi connectivity index (χ0v) is 16.1. The van der Waals surface area contributed by atoms with Crippen molar-refractivity contribution in [1.82, 2.24) is 10.9 Å². The average molecular weight is 418 g/mol. The van der Waals surface area contributed by atoms with Crippen LogP contribution in [0.5, 0.6) is 17.2 Å². The number of hydrogen-bond acceptors (Lipinski definition) is 7. The SMILES string of the molecule is O=C(N/N=C\c1ccccc1O)c1cc(O)cc(C(=O)N/N=C\c2ccccc2O)c1. The van der Waals surface area contributed by atoms with E-state index in [1.165, 1.54) is 42.8 Å². The zero-order valence-electron chi connectivity index (χ0n) is 16.1. The molecule has 9 nitrogen and oxygen atoms in total. The minimum atomic E-state index is -0.672. The Hall–Kier alpha value is -4.66. The van der Waals surface area contributed by atoms with E-state index in [4.69, 9.17) is 0 Å². The Morgan fingerprint density at radius 2 is 1.10 bits per heavy atom. The molecule has 156 valence electrons. The Bertz CT molecular complexity index is 1090. The van der Waals surface area contributed by atoms with Crippen molar-refractivity contribution in [2.75, 3.05) is 0 Å². The van der Waals surface area contributed by atoms with Crippen LogP contribution in [-0.2, 0) is 0 Å². The van der Waals surface area contributed by atoms with Crippen LogP contribution in [0.2, 0.25) is 0 Å². The van der Waals surface area contributed by atoms with Gasteiger partial charge in [0.15, 0.2) is 0 Å². The molecule has 0 aliphatic carbocycles. The Labute approximate surface area is 177 Å². The van der Waals surface area contributed by atoms with Crippen LogP contribution in [0.25, 0.3) is 0 Å². The highest BCUT2D eigenvalue weighted by Gasteiger charge is 2.12. The lowest BCUT2D eigenvalue weighted by Gasteiger charge is -2.05. The second-order valence-corrected chi connectivity index (χ2v) is 6.28. The first kappa shape index (κ1) is 21.1. The summed E-state index contributed by atoms with van der Waals surface area (Å²) in [6.45, 7) is 0. The number of phenolic OH excluding ortho intramolecular Hbond substituents is 3. The largest absolute Gasteiger partial charge is 0.508 e. The highest BCUT2D eigenvalue weighted by Crippen LogP contribution is 2.17. The molecule has 9 heteroatoms. The van der Waals surface area contributed by atoms with Gasteiger partial charge in [-0.2, -0.15) is 10.2 Å². The number of benzene rings is 3. The van der Waals surface area contributed by atoms with E-state index in [0.29, 0.717) is 11.1 Å². The number of nitrogens with zero attached hydrogens (tertiary/aromatic N) is 2. The monoisotopic (exact) mass is 418 g/mol. The highest BCUT2D eigenvalue weighted by atomic mass is 16.3. The number of carbonyl (C=O) groups excluding carboxylic acids is 2. The molecule has 31 heavy (non-hydrogen) atoms. The van der Waals surface area contributed by atoms with E-state index in [0.717, 1.165) is 0 Å².